The number of nitrogens with zero attached hydrogens (tertiary/aromatic N) is 4. The number of hydrogen-bond donors (Lipinski definition) is 2. The number of nitrogens with one attached hydrogen (secondary N) is 2. The average Bonchev–Trinajstić information content (AvgIpc) is 3.33. The van der Waals surface area contributed by atoms with Gasteiger partial charge in [-0.05, 0) is 42.7 Å². The smallest absolute Gasteiger partial charge is 0.269 e. The van der Waals surface area contributed by atoms with Crippen molar-refractivity contribution in [3.63, 3.8) is 0 Å². The Hall–Kier alpha value is -3.30. The van der Waals surface area contributed by atoms with E-state index in [1.165, 1.54) is 0 Å². The largest absolute Gasteiger partial charge is 0.379 e. The van der Waals surface area contributed by atoms with E-state index in [4.69, 9.17) is 4.74 Å². The molecule has 34 heavy (non-hydrogen) atoms. The lowest BCUT2D eigenvalue weighted by atomic mass is 9.91. The molecule has 5 rings (SSSR count). The number of piperazine rings is 1. The van der Waals surface area contributed by atoms with Crippen LogP contribution in [-0.4, -0.2) is 71.2 Å². The lowest BCUT2D eigenvalue weighted by Crippen LogP contribution is -2.62. The fourth-order valence-corrected chi connectivity index (χ4v) is 5.02. The molecular formula is C25H30N6O3. The molecule has 2 saturated heterocycles. The van der Waals surface area contributed by atoms with Crippen molar-refractivity contribution in [2.75, 3.05) is 44.8 Å². The normalized spacial score (nSPS) is 20.8. The summed E-state index contributed by atoms with van der Waals surface area (Å²) in [7, 11) is 1.60. The first-order chi connectivity index (χ1) is 16.5. The van der Waals surface area contributed by atoms with Crippen molar-refractivity contribution in [2.45, 2.75) is 31.8 Å². The van der Waals surface area contributed by atoms with E-state index < -0.39 is 0 Å². The van der Waals surface area contributed by atoms with Crippen molar-refractivity contribution in [3.8, 4) is 0 Å². The van der Waals surface area contributed by atoms with Crippen molar-refractivity contribution >= 4 is 22.6 Å². The number of pyridine rings is 3. The molecule has 9 nitrogen and oxygen atoms in total. The SMILES string of the molecule is CCc1cc2ncc(CN3CCN(c4ccc(C(=O)NC)nc4)CC34CCOC4)cc2[nH]c1=O. The molecule has 0 bridgehead atoms. The van der Waals surface area contributed by atoms with Crippen LogP contribution in [0.2, 0.25) is 0 Å². The monoisotopic (exact) mass is 462 g/mol. The van der Waals surface area contributed by atoms with Gasteiger partial charge in [-0.3, -0.25) is 19.5 Å². The van der Waals surface area contributed by atoms with E-state index in [1.807, 2.05) is 31.3 Å². The molecule has 9 heteroatoms. The summed E-state index contributed by atoms with van der Waals surface area (Å²) in [5, 5.41) is 2.61. The number of carbonyl (C=O) groups excluding carboxylic acids is 1. The highest BCUT2D eigenvalue weighted by Gasteiger charge is 2.44. The van der Waals surface area contributed by atoms with Crippen LogP contribution < -0.4 is 15.8 Å². The average molecular weight is 463 g/mol. The quantitative estimate of drug-likeness (QED) is 0.595. The molecule has 3 aromatic heterocycles. The van der Waals surface area contributed by atoms with Crippen molar-refractivity contribution in [3.05, 3.63) is 63.8 Å². The highest BCUT2D eigenvalue weighted by molar-refractivity contribution is 5.92. The Bertz CT molecular complexity index is 1250. The second-order valence-corrected chi connectivity index (χ2v) is 9.10. The molecule has 1 amide bonds. The van der Waals surface area contributed by atoms with Gasteiger partial charge in [0.15, 0.2) is 0 Å². The van der Waals surface area contributed by atoms with Crippen molar-refractivity contribution in [1.82, 2.24) is 25.2 Å². The van der Waals surface area contributed by atoms with Crippen LogP contribution in [0.3, 0.4) is 0 Å². The van der Waals surface area contributed by atoms with Crippen LogP contribution in [0, 0.1) is 0 Å². The first kappa shape index (κ1) is 22.5. The second kappa shape index (κ2) is 9.15. The number of fused-ring (bicyclic) bond motifs is 1. The van der Waals surface area contributed by atoms with Crippen LogP contribution in [0.4, 0.5) is 5.69 Å². The van der Waals surface area contributed by atoms with Gasteiger partial charge in [0.1, 0.15) is 5.69 Å². The Morgan fingerprint density at radius 2 is 2.12 bits per heavy atom. The Kier molecular flexibility index (Phi) is 6.05. The van der Waals surface area contributed by atoms with Crippen LogP contribution in [0.15, 0.2) is 41.5 Å². The van der Waals surface area contributed by atoms with Crippen molar-refractivity contribution in [1.29, 1.82) is 0 Å². The number of H-pyrrole nitrogens is 1. The summed E-state index contributed by atoms with van der Waals surface area (Å²) in [6.45, 7) is 6.66. The summed E-state index contributed by atoms with van der Waals surface area (Å²) in [5.41, 5.74) is 4.69. The Morgan fingerprint density at radius 1 is 1.24 bits per heavy atom. The topological polar surface area (TPSA) is 103 Å². The number of anilines is 1. The van der Waals surface area contributed by atoms with Gasteiger partial charge < -0.3 is 19.9 Å². The van der Waals surface area contributed by atoms with Gasteiger partial charge in [0.25, 0.3) is 11.5 Å². The summed E-state index contributed by atoms with van der Waals surface area (Å²) in [6, 6.07) is 7.65. The molecule has 0 aliphatic carbocycles. The summed E-state index contributed by atoms with van der Waals surface area (Å²) in [4.78, 5) is 40.9. The first-order valence-electron chi connectivity index (χ1n) is 11.8. The standard InChI is InChI=1S/C25H30N6O3/c1-3-18-11-21-22(29-23(18)32)10-17(12-27-21)14-31-8-7-30(15-25(31)6-9-34-16-25)19-4-5-20(28-13-19)24(33)26-2/h4-5,10-13H,3,6-9,14-16H2,1-2H3,(H,26,33)(H,29,32). The van der Waals surface area contributed by atoms with Crippen LogP contribution in [-0.2, 0) is 17.7 Å². The zero-order chi connectivity index (χ0) is 23.7. The highest BCUT2D eigenvalue weighted by atomic mass is 16.5. The molecule has 3 aromatic rings. The van der Waals surface area contributed by atoms with Gasteiger partial charge in [0, 0.05) is 51.6 Å². The maximum atomic E-state index is 12.3. The molecule has 0 radical (unpaired) electrons. The van der Waals surface area contributed by atoms with E-state index in [0.717, 1.165) is 67.1 Å². The van der Waals surface area contributed by atoms with Gasteiger partial charge in [0.2, 0.25) is 0 Å². The minimum absolute atomic E-state index is 0.0423. The molecule has 178 valence electrons. The predicted molar refractivity (Wildman–Crippen MR) is 130 cm³/mol. The molecule has 2 N–H and O–H groups in total. The third-order valence-electron chi connectivity index (χ3n) is 7.03. The molecule has 2 aliphatic rings. The van der Waals surface area contributed by atoms with E-state index >= 15 is 0 Å². The molecular weight excluding hydrogens is 432 g/mol. The van der Waals surface area contributed by atoms with Gasteiger partial charge in [-0.2, -0.15) is 0 Å². The molecule has 1 unspecified atom stereocenters. The summed E-state index contributed by atoms with van der Waals surface area (Å²) >= 11 is 0. The third kappa shape index (κ3) is 4.17. The maximum Gasteiger partial charge on any atom is 0.269 e. The Morgan fingerprint density at radius 3 is 2.82 bits per heavy atom. The zero-order valence-corrected chi connectivity index (χ0v) is 19.6. The van der Waals surface area contributed by atoms with Crippen molar-refractivity contribution < 1.29 is 9.53 Å². The van der Waals surface area contributed by atoms with Gasteiger partial charge in [-0.1, -0.05) is 6.92 Å². The number of ether oxygens (including phenoxy) is 1. The fourth-order valence-electron chi connectivity index (χ4n) is 5.02. The lowest BCUT2D eigenvalue weighted by molar-refractivity contribution is 0.0490. The van der Waals surface area contributed by atoms with E-state index in [2.05, 4.69) is 30.1 Å². The highest BCUT2D eigenvalue weighted by Crippen LogP contribution is 2.34. The van der Waals surface area contributed by atoms with Crippen LogP contribution in [0.5, 0.6) is 0 Å². The fraction of sp³-hybridized carbons (Fsp3) is 0.440. The Balaban J connectivity index is 1.36. The molecule has 0 aromatic carbocycles. The number of aryl methyl sites for hydroxylation is 1. The summed E-state index contributed by atoms with van der Waals surface area (Å²) in [6.07, 6.45) is 5.33. The molecule has 1 spiro atoms. The van der Waals surface area contributed by atoms with Gasteiger partial charge >= 0.3 is 0 Å². The molecule has 2 fully saturated rings. The van der Waals surface area contributed by atoms with Gasteiger partial charge in [-0.15, -0.1) is 0 Å². The van der Waals surface area contributed by atoms with E-state index in [-0.39, 0.29) is 17.0 Å². The number of aromatic amines is 1. The lowest BCUT2D eigenvalue weighted by Gasteiger charge is -2.49. The van der Waals surface area contributed by atoms with E-state index in [9.17, 15) is 9.59 Å². The number of rotatable bonds is 5. The Labute approximate surface area is 198 Å². The van der Waals surface area contributed by atoms with Gasteiger partial charge in [0.05, 0.1) is 35.1 Å². The predicted octanol–water partition coefficient (Wildman–Crippen LogP) is 1.72. The van der Waals surface area contributed by atoms with Crippen LogP contribution in [0.25, 0.3) is 11.0 Å². The minimum atomic E-state index is -0.187. The number of aromatic nitrogens is 3. The molecule has 1 atom stereocenters. The number of carbonyl (C=O) groups is 1. The maximum absolute atomic E-state index is 12.3. The van der Waals surface area contributed by atoms with Crippen LogP contribution >= 0.6 is 0 Å². The summed E-state index contributed by atoms with van der Waals surface area (Å²) < 4.78 is 5.87. The van der Waals surface area contributed by atoms with Crippen LogP contribution in [0.1, 0.15) is 35.0 Å². The molecule has 0 saturated carbocycles. The van der Waals surface area contributed by atoms with E-state index in [1.54, 1.807) is 19.3 Å². The molecule has 2 aliphatic heterocycles. The second-order valence-electron chi connectivity index (χ2n) is 9.10. The van der Waals surface area contributed by atoms with Gasteiger partial charge in [-0.25, -0.2) is 4.98 Å². The zero-order valence-electron chi connectivity index (χ0n) is 19.6. The number of hydrogen-bond acceptors (Lipinski definition) is 7. The number of amides is 1. The van der Waals surface area contributed by atoms with E-state index in [0.29, 0.717) is 18.7 Å². The first-order valence-corrected chi connectivity index (χ1v) is 11.8. The molecule has 5 heterocycles. The summed E-state index contributed by atoms with van der Waals surface area (Å²) in [5.74, 6) is -0.187. The third-order valence-corrected chi connectivity index (χ3v) is 7.03. The van der Waals surface area contributed by atoms with Crippen molar-refractivity contribution in [2.24, 2.45) is 0 Å². The minimum Gasteiger partial charge on any atom is -0.379 e.